The molecule has 0 bridgehead atoms. The van der Waals surface area contributed by atoms with Gasteiger partial charge in [-0.05, 0) is 25.0 Å². The summed E-state index contributed by atoms with van der Waals surface area (Å²) in [5.74, 6) is 1.07. The number of unbranched alkanes of at least 4 members (excludes halogenated alkanes) is 2. The summed E-state index contributed by atoms with van der Waals surface area (Å²) in [5, 5.41) is 0. The summed E-state index contributed by atoms with van der Waals surface area (Å²) < 4.78 is 10.7. The van der Waals surface area contributed by atoms with Gasteiger partial charge in [0.15, 0.2) is 0 Å². The van der Waals surface area contributed by atoms with E-state index in [1.807, 2.05) is 6.08 Å². The molecule has 1 atom stereocenters. The number of hydrogen-bond donors (Lipinski definition) is 0. The largest absolute Gasteiger partial charge is 0.493 e. The Labute approximate surface area is 120 Å². The highest BCUT2D eigenvalue weighted by Crippen LogP contribution is 2.25. The minimum absolute atomic E-state index is 0.0380. The number of alkyl halides is 1. The number of carbonyl (C=O) groups is 1. The molecule has 0 saturated carbocycles. The molecule has 0 aromatic rings. The van der Waals surface area contributed by atoms with Crippen molar-refractivity contribution in [2.45, 2.75) is 52.1 Å². The molecule has 0 fully saturated rings. The molecule has 0 aliphatic carbocycles. The van der Waals surface area contributed by atoms with Crippen molar-refractivity contribution in [2.75, 3.05) is 12.5 Å². The lowest BCUT2D eigenvalue weighted by Crippen LogP contribution is -2.20. The molecule has 0 aromatic heterocycles. The van der Waals surface area contributed by atoms with Crippen LogP contribution in [-0.4, -0.2) is 24.6 Å². The predicted octanol–water partition coefficient (Wildman–Crippen LogP) is 3.97. The van der Waals surface area contributed by atoms with Crippen molar-refractivity contribution in [1.29, 1.82) is 0 Å². The van der Waals surface area contributed by atoms with E-state index in [9.17, 15) is 4.79 Å². The van der Waals surface area contributed by atoms with Crippen molar-refractivity contribution >= 4 is 17.6 Å². The van der Waals surface area contributed by atoms with Crippen LogP contribution in [0, 0.1) is 0 Å². The van der Waals surface area contributed by atoms with Gasteiger partial charge in [0.25, 0.3) is 0 Å². The first-order valence-corrected chi connectivity index (χ1v) is 7.53. The lowest BCUT2D eigenvalue weighted by Gasteiger charge is -2.24. The number of halogens is 1. The van der Waals surface area contributed by atoms with Gasteiger partial charge in [-0.2, -0.15) is 0 Å². The van der Waals surface area contributed by atoms with Gasteiger partial charge in [0.2, 0.25) is 0 Å². The van der Waals surface area contributed by atoms with Gasteiger partial charge >= 0.3 is 5.97 Å². The fourth-order valence-electron chi connectivity index (χ4n) is 2.02. The smallest absolute Gasteiger partial charge is 0.331 e. The van der Waals surface area contributed by atoms with Crippen molar-refractivity contribution in [1.82, 2.24) is 0 Å². The summed E-state index contributed by atoms with van der Waals surface area (Å²) in [6.07, 6.45) is 8.50. The van der Waals surface area contributed by atoms with E-state index in [-0.39, 0.29) is 12.1 Å². The molecule has 0 saturated heterocycles. The lowest BCUT2D eigenvalue weighted by atomic mass is 10.0. The van der Waals surface area contributed by atoms with Crippen molar-refractivity contribution < 1.29 is 14.3 Å². The second kappa shape index (κ2) is 9.03. The van der Waals surface area contributed by atoms with E-state index in [1.165, 1.54) is 12.8 Å². The van der Waals surface area contributed by atoms with Crippen LogP contribution in [0.4, 0.5) is 0 Å². The summed E-state index contributed by atoms with van der Waals surface area (Å²) in [4.78, 5) is 11.5. The van der Waals surface area contributed by atoms with Crippen LogP contribution in [0.2, 0.25) is 0 Å². The molecule has 1 heterocycles. The zero-order chi connectivity index (χ0) is 14.1. The summed E-state index contributed by atoms with van der Waals surface area (Å²) in [7, 11) is 0. The molecule has 0 amide bonds. The molecule has 1 rings (SSSR count). The zero-order valence-corrected chi connectivity index (χ0v) is 12.5. The molecule has 0 radical (unpaired) electrons. The molecule has 1 aliphatic rings. The second-order valence-electron chi connectivity index (χ2n) is 4.64. The lowest BCUT2D eigenvalue weighted by molar-refractivity contribution is -0.137. The average Bonchev–Trinajstić information content (AvgIpc) is 2.39. The van der Waals surface area contributed by atoms with Crippen LogP contribution in [0.25, 0.3) is 0 Å². The van der Waals surface area contributed by atoms with Gasteiger partial charge in [-0.15, -0.1) is 11.6 Å². The van der Waals surface area contributed by atoms with Crippen LogP contribution < -0.4 is 0 Å². The van der Waals surface area contributed by atoms with E-state index >= 15 is 0 Å². The van der Waals surface area contributed by atoms with Gasteiger partial charge in [0, 0.05) is 18.9 Å². The molecule has 108 valence electrons. The zero-order valence-electron chi connectivity index (χ0n) is 11.8. The summed E-state index contributed by atoms with van der Waals surface area (Å²) in [6, 6.07) is 0. The molecule has 1 unspecified atom stereocenters. The van der Waals surface area contributed by atoms with Crippen LogP contribution in [0.1, 0.15) is 46.0 Å². The van der Waals surface area contributed by atoms with Crippen molar-refractivity contribution in [2.24, 2.45) is 0 Å². The minimum atomic E-state index is -0.295. The van der Waals surface area contributed by atoms with Crippen LogP contribution in [0.15, 0.2) is 23.5 Å². The van der Waals surface area contributed by atoms with Crippen LogP contribution in [-0.2, 0) is 14.3 Å². The summed E-state index contributed by atoms with van der Waals surface area (Å²) in [6.45, 7) is 4.36. The highest BCUT2D eigenvalue weighted by Gasteiger charge is 2.19. The third-order valence-electron chi connectivity index (χ3n) is 2.92. The number of allylic oxidation sites excluding steroid dienone is 2. The van der Waals surface area contributed by atoms with Crippen LogP contribution in [0.5, 0.6) is 0 Å². The number of rotatable bonds is 7. The van der Waals surface area contributed by atoms with Crippen molar-refractivity contribution in [3.63, 3.8) is 0 Å². The average molecular weight is 287 g/mol. The number of carbonyl (C=O) groups excluding carboxylic acids is 1. The monoisotopic (exact) mass is 286 g/mol. The van der Waals surface area contributed by atoms with E-state index in [0.717, 1.165) is 24.2 Å². The van der Waals surface area contributed by atoms with Crippen molar-refractivity contribution in [3.05, 3.63) is 23.5 Å². The first-order valence-electron chi connectivity index (χ1n) is 7.00. The molecule has 0 N–H and O–H groups in total. The van der Waals surface area contributed by atoms with E-state index in [2.05, 4.69) is 6.92 Å². The Morgan fingerprint density at radius 2 is 2.32 bits per heavy atom. The fraction of sp³-hybridized carbons (Fsp3) is 0.667. The molecular formula is C15H23ClO3. The molecule has 1 aliphatic heterocycles. The van der Waals surface area contributed by atoms with Gasteiger partial charge < -0.3 is 9.47 Å². The number of ether oxygens (including phenoxy) is 2. The maximum atomic E-state index is 11.5. The third-order valence-corrected chi connectivity index (χ3v) is 3.26. The number of hydrogen-bond acceptors (Lipinski definition) is 3. The van der Waals surface area contributed by atoms with Gasteiger partial charge in [0.1, 0.15) is 6.10 Å². The minimum Gasteiger partial charge on any atom is -0.493 e. The second-order valence-corrected chi connectivity index (χ2v) is 4.95. The number of esters is 1. The van der Waals surface area contributed by atoms with Crippen LogP contribution in [0.3, 0.4) is 0 Å². The highest BCUT2D eigenvalue weighted by atomic mass is 35.5. The van der Waals surface area contributed by atoms with E-state index in [0.29, 0.717) is 18.9 Å². The van der Waals surface area contributed by atoms with E-state index in [4.69, 9.17) is 21.1 Å². The quantitative estimate of drug-likeness (QED) is 0.307. The molecular weight excluding hydrogens is 264 g/mol. The maximum absolute atomic E-state index is 11.5. The normalized spacial score (nSPS) is 20.9. The Morgan fingerprint density at radius 3 is 2.95 bits per heavy atom. The SMILES string of the molecule is CCCCCC1=C/C(=C\C(=O)OCC)CC(CCl)O1. The standard InChI is InChI=1S/C15H23ClO3/c1-3-5-6-7-13-8-12(9-14(11-16)19-13)10-15(17)18-4-2/h8,10,14H,3-7,9,11H2,1-2H3/b12-10+. The van der Waals surface area contributed by atoms with E-state index in [1.54, 1.807) is 13.0 Å². The predicted molar refractivity (Wildman–Crippen MR) is 77.2 cm³/mol. The summed E-state index contributed by atoms with van der Waals surface area (Å²) >= 11 is 5.87. The van der Waals surface area contributed by atoms with Gasteiger partial charge in [-0.3, -0.25) is 0 Å². The Hall–Kier alpha value is -0.960. The van der Waals surface area contributed by atoms with Gasteiger partial charge in [-0.25, -0.2) is 4.79 Å². The molecule has 3 nitrogen and oxygen atoms in total. The first kappa shape index (κ1) is 16.1. The molecule has 0 spiro atoms. The van der Waals surface area contributed by atoms with Gasteiger partial charge in [0.05, 0.1) is 18.2 Å². The van der Waals surface area contributed by atoms with E-state index < -0.39 is 0 Å². The fourth-order valence-corrected chi connectivity index (χ4v) is 2.19. The summed E-state index contributed by atoms with van der Waals surface area (Å²) in [5.41, 5.74) is 0.946. The molecule has 4 heteroatoms. The third kappa shape index (κ3) is 6.15. The molecule has 0 aromatic carbocycles. The van der Waals surface area contributed by atoms with Crippen LogP contribution >= 0.6 is 11.6 Å². The Bertz CT molecular complexity index is 347. The topological polar surface area (TPSA) is 35.5 Å². The Balaban J connectivity index is 2.67. The Morgan fingerprint density at radius 1 is 1.53 bits per heavy atom. The van der Waals surface area contributed by atoms with Crippen molar-refractivity contribution in [3.8, 4) is 0 Å². The molecule has 19 heavy (non-hydrogen) atoms. The maximum Gasteiger partial charge on any atom is 0.331 e. The first-order chi connectivity index (χ1) is 9.19. The highest BCUT2D eigenvalue weighted by molar-refractivity contribution is 6.18. The Kier molecular flexibility index (Phi) is 7.65. The van der Waals surface area contributed by atoms with Gasteiger partial charge in [-0.1, -0.05) is 19.8 Å².